The van der Waals surface area contributed by atoms with Crippen molar-refractivity contribution in [1.82, 2.24) is 0 Å². The summed E-state index contributed by atoms with van der Waals surface area (Å²) >= 11 is 0. The molecule has 0 amide bonds. The third-order valence-corrected chi connectivity index (χ3v) is 4.20. The summed E-state index contributed by atoms with van der Waals surface area (Å²) in [6.07, 6.45) is -4.27. The molecule has 0 bridgehead atoms. The van der Waals surface area contributed by atoms with E-state index in [4.69, 9.17) is 0 Å². The third kappa shape index (κ3) is 4.28. The van der Waals surface area contributed by atoms with Crippen molar-refractivity contribution >= 4 is 0 Å². The normalized spacial score (nSPS) is 12.8. The van der Waals surface area contributed by atoms with Crippen molar-refractivity contribution in [1.29, 1.82) is 0 Å². The molecule has 0 radical (unpaired) electrons. The van der Waals surface area contributed by atoms with Crippen molar-refractivity contribution in [2.45, 2.75) is 18.5 Å². The lowest BCUT2D eigenvalue weighted by atomic mass is 9.85. The van der Waals surface area contributed by atoms with Gasteiger partial charge in [-0.25, -0.2) is 8.78 Å². The van der Waals surface area contributed by atoms with Crippen molar-refractivity contribution in [2.75, 3.05) is 0 Å². The Morgan fingerprint density at radius 3 is 1.96 bits per heavy atom. The summed E-state index contributed by atoms with van der Waals surface area (Å²) in [5.74, 6) is -1.92. The van der Waals surface area contributed by atoms with E-state index in [1.54, 1.807) is 0 Å². The Morgan fingerprint density at radius 2 is 1.35 bits per heavy atom. The molecule has 0 spiro atoms. The van der Waals surface area contributed by atoms with Crippen molar-refractivity contribution in [3.8, 4) is 0 Å². The molecular weight excluding hydrogens is 347 g/mol. The van der Waals surface area contributed by atoms with E-state index in [9.17, 15) is 22.0 Å². The molecule has 0 N–H and O–H groups in total. The van der Waals surface area contributed by atoms with Crippen molar-refractivity contribution in [3.63, 3.8) is 0 Å². The van der Waals surface area contributed by atoms with Gasteiger partial charge in [-0.05, 0) is 53.4 Å². The smallest absolute Gasteiger partial charge is 0.207 e. The van der Waals surface area contributed by atoms with Crippen LogP contribution >= 0.6 is 0 Å². The molecule has 3 aromatic carbocycles. The van der Waals surface area contributed by atoms with Gasteiger partial charge in [-0.2, -0.15) is 13.2 Å². The second-order valence-electron chi connectivity index (χ2n) is 6.06. The minimum absolute atomic E-state index is 0.202. The quantitative estimate of drug-likeness (QED) is 0.474. The predicted octanol–water partition coefficient (Wildman–Crippen LogP) is 6.36. The highest BCUT2D eigenvalue weighted by Gasteiger charge is 2.32. The van der Waals surface area contributed by atoms with Gasteiger partial charge in [-0.3, -0.25) is 0 Å². The molecule has 0 nitrogen and oxygen atoms in total. The molecule has 0 aliphatic carbocycles. The van der Waals surface area contributed by atoms with Crippen LogP contribution in [0.3, 0.4) is 0 Å². The van der Waals surface area contributed by atoms with Crippen LogP contribution in [0.25, 0.3) is 0 Å². The zero-order valence-electron chi connectivity index (χ0n) is 13.6. The molecule has 0 heterocycles. The van der Waals surface area contributed by atoms with Crippen LogP contribution in [0.1, 0.15) is 28.2 Å². The summed E-state index contributed by atoms with van der Waals surface area (Å²) in [4.78, 5) is 0. The summed E-state index contributed by atoms with van der Waals surface area (Å²) < 4.78 is 66.4. The minimum Gasteiger partial charge on any atom is -0.207 e. The molecule has 3 rings (SSSR count). The Kier molecular flexibility index (Phi) is 5.07. The van der Waals surface area contributed by atoms with Crippen LogP contribution < -0.4 is 0 Å². The molecule has 0 fully saturated rings. The first-order valence-corrected chi connectivity index (χ1v) is 8.00. The number of hydrogen-bond acceptors (Lipinski definition) is 0. The molecule has 0 saturated carbocycles. The topological polar surface area (TPSA) is 0 Å². The zero-order chi connectivity index (χ0) is 18.7. The molecule has 0 saturated heterocycles. The Hall–Kier alpha value is -2.69. The van der Waals surface area contributed by atoms with Crippen molar-refractivity contribution < 1.29 is 22.0 Å². The highest BCUT2D eigenvalue weighted by molar-refractivity contribution is 5.38. The van der Waals surface area contributed by atoms with E-state index in [0.29, 0.717) is 18.1 Å². The predicted molar refractivity (Wildman–Crippen MR) is 89.8 cm³/mol. The second kappa shape index (κ2) is 7.28. The minimum atomic E-state index is -4.64. The van der Waals surface area contributed by atoms with E-state index in [1.165, 1.54) is 24.3 Å². The first-order valence-electron chi connectivity index (χ1n) is 8.00. The molecule has 26 heavy (non-hydrogen) atoms. The maximum absolute atomic E-state index is 13.9. The molecule has 3 aromatic rings. The fraction of sp³-hybridized carbons (Fsp3) is 0.143. The maximum atomic E-state index is 13.9. The highest BCUT2D eigenvalue weighted by Crippen LogP contribution is 2.35. The van der Waals surface area contributed by atoms with E-state index in [1.807, 2.05) is 30.3 Å². The van der Waals surface area contributed by atoms with E-state index in [0.717, 1.165) is 17.7 Å². The summed E-state index contributed by atoms with van der Waals surface area (Å²) in [6.45, 7) is 0. The maximum Gasteiger partial charge on any atom is 0.416 e. The molecule has 1 atom stereocenters. The van der Waals surface area contributed by atoms with Gasteiger partial charge in [0, 0.05) is 5.92 Å². The monoisotopic (exact) mass is 362 g/mol. The molecule has 0 aliphatic rings. The van der Waals surface area contributed by atoms with Crippen LogP contribution in [0.15, 0.2) is 72.8 Å². The number of benzene rings is 3. The molecule has 5 heteroatoms. The molecule has 0 aromatic heterocycles. The van der Waals surface area contributed by atoms with Gasteiger partial charge in [0.2, 0.25) is 0 Å². The van der Waals surface area contributed by atoms with Gasteiger partial charge in [-0.1, -0.05) is 42.5 Å². The van der Waals surface area contributed by atoms with Gasteiger partial charge in [0.15, 0.2) is 0 Å². The van der Waals surface area contributed by atoms with Gasteiger partial charge >= 0.3 is 6.18 Å². The van der Waals surface area contributed by atoms with Crippen molar-refractivity contribution in [2.24, 2.45) is 0 Å². The standard InChI is InChI=1S/C21H15F5/c22-18-8-6-15(7-9-18)20(10-14-4-2-1-3-5-14)16-11-17(21(24,25)26)13-19(23)12-16/h1-9,11-13,20H,10H2/t20-/m0/s1. The van der Waals surface area contributed by atoms with Crippen LogP contribution in [0.5, 0.6) is 0 Å². The molecule has 134 valence electrons. The van der Waals surface area contributed by atoms with Gasteiger partial charge < -0.3 is 0 Å². The first-order chi connectivity index (χ1) is 12.3. The van der Waals surface area contributed by atoms with Crippen LogP contribution in [0.2, 0.25) is 0 Å². The van der Waals surface area contributed by atoms with Gasteiger partial charge in [0.05, 0.1) is 5.56 Å². The Bertz CT molecular complexity index is 867. The largest absolute Gasteiger partial charge is 0.416 e. The lowest BCUT2D eigenvalue weighted by Gasteiger charge is -2.20. The lowest BCUT2D eigenvalue weighted by Crippen LogP contribution is -2.10. The zero-order valence-corrected chi connectivity index (χ0v) is 13.6. The second-order valence-corrected chi connectivity index (χ2v) is 6.06. The Balaban J connectivity index is 2.08. The van der Waals surface area contributed by atoms with Crippen LogP contribution in [-0.2, 0) is 12.6 Å². The van der Waals surface area contributed by atoms with Gasteiger partial charge in [-0.15, -0.1) is 0 Å². The first kappa shape index (κ1) is 18.1. The van der Waals surface area contributed by atoms with Gasteiger partial charge in [0.25, 0.3) is 0 Å². The number of rotatable bonds is 4. The van der Waals surface area contributed by atoms with E-state index in [2.05, 4.69) is 0 Å². The fourth-order valence-corrected chi connectivity index (χ4v) is 2.95. The summed E-state index contributed by atoms with van der Waals surface area (Å²) in [5, 5.41) is 0. The molecular formula is C21H15F5. The average molecular weight is 362 g/mol. The average Bonchev–Trinajstić information content (AvgIpc) is 2.60. The van der Waals surface area contributed by atoms with Crippen LogP contribution in [0, 0.1) is 11.6 Å². The third-order valence-electron chi connectivity index (χ3n) is 4.20. The van der Waals surface area contributed by atoms with E-state index >= 15 is 0 Å². The lowest BCUT2D eigenvalue weighted by molar-refractivity contribution is -0.137. The Morgan fingerprint density at radius 1 is 0.692 bits per heavy atom. The summed E-state index contributed by atoms with van der Waals surface area (Å²) in [5.41, 5.74) is 0.675. The summed E-state index contributed by atoms with van der Waals surface area (Å²) in [6, 6.07) is 17.2. The highest BCUT2D eigenvalue weighted by atomic mass is 19.4. The van der Waals surface area contributed by atoms with Gasteiger partial charge in [0.1, 0.15) is 11.6 Å². The van der Waals surface area contributed by atoms with Crippen LogP contribution in [-0.4, -0.2) is 0 Å². The molecule has 0 aliphatic heterocycles. The SMILES string of the molecule is Fc1ccc([C@H](Cc2ccccc2)c2cc(F)cc(C(F)(F)F)c2)cc1. The fourth-order valence-electron chi connectivity index (χ4n) is 2.95. The number of alkyl halides is 3. The van der Waals surface area contributed by atoms with E-state index < -0.39 is 29.3 Å². The summed E-state index contributed by atoms with van der Waals surface area (Å²) in [7, 11) is 0. The number of hydrogen-bond donors (Lipinski definition) is 0. The molecule has 0 unspecified atom stereocenters. The van der Waals surface area contributed by atoms with Crippen LogP contribution in [0.4, 0.5) is 22.0 Å². The number of halogens is 5. The Labute approximate surface area is 147 Å². The van der Waals surface area contributed by atoms with Crippen molar-refractivity contribution in [3.05, 3.63) is 107 Å². The van der Waals surface area contributed by atoms with E-state index in [-0.39, 0.29) is 5.56 Å².